The predicted molar refractivity (Wildman–Crippen MR) is 96.9 cm³/mol. The molecular formula is C23H30O2. The Morgan fingerprint density at radius 1 is 1.28 bits per heavy atom. The van der Waals surface area contributed by atoms with Crippen LogP contribution in [0.2, 0.25) is 0 Å². The van der Waals surface area contributed by atoms with E-state index in [1.54, 1.807) is 11.1 Å². The highest BCUT2D eigenvalue weighted by atomic mass is 16.5. The highest BCUT2D eigenvalue weighted by Gasteiger charge is 2.76. The van der Waals surface area contributed by atoms with Crippen LogP contribution < -0.4 is 0 Å². The van der Waals surface area contributed by atoms with E-state index in [0.29, 0.717) is 11.2 Å². The van der Waals surface area contributed by atoms with Crippen LogP contribution in [0.4, 0.5) is 0 Å². The summed E-state index contributed by atoms with van der Waals surface area (Å²) in [6.45, 7) is 5.88. The Morgan fingerprint density at radius 2 is 2.16 bits per heavy atom. The maximum Gasteiger partial charge on any atom is 0.137 e. The molecule has 25 heavy (non-hydrogen) atoms. The summed E-state index contributed by atoms with van der Waals surface area (Å²) < 4.78 is 6.50. The zero-order valence-electron chi connectivity index (χ0n) is 15.6. The molecule has 1 aliphatic heterocycles. The minimum atomic E-state index is 0.0597. The smallest absolute Gasteiger partial charge is 0.137 e. The molecule has 0 unspecified atom stereocenters. The van der Waals surface area contributed by atoms with Crippen LogP contribution in [0.25, 0.3) is 0 Å². The maximum atomic E-state index is 12.0. The molecule has 0 aromatic heterocycles. The first-order valence-corrected chi connectivity index (χ1v) is 10.6. The van der Waals surface area contributed by atoms with Crippen LogP contribution in [-0.4, -0.2) is 18.0 Å². The molecule has 0 bridgehead atoms. The number of hydrogen-bond acceptors (Lipinski definition) is 2. The van der Waals surface area contributed by atoms with Crippen molar-refractivity contribution in [3.63, 3.8) is 0 Å². The highest BCUT2D eigenvalue weighted by Crippen LogP contribution is 2.77. The molecule has 0 radical (unpaired) electrons. The molecule has 1 spiro atoms. The molecule has 8 atom stereocenters. The Labute approximate surface area is 151 Å². The molecule has 2 nitrogen and oxygen atoms in total. The Kier molecular flexibility index (Phi) is 2.85. The van der Waals surface area contributed by atoms with Gasteiger partial charge in [-0.3, -0.25) is 4.79 Å². The van der Waals surface area contributed by atoms with Gasteiger partial charge >= 0.3 is 0 Å². The van der Waals surface area contributed by atoms with Gasteiger partial charge in [0, 0.05) is 18.3 Å². The van der Waals surface area contributed by atoms with Gasteiger partial charge in [0.25, 0.3) is 0 Å². The lowest BCUT2D eigenvalue weighted by Gasteiger charge is -2.57. The average molecular weight is 338 g/mol. The van der Waals surface area contributed by atoms with Crippen molar-refractivity contribution in [1.82, 2.24) is 0 Å². The molecule has 3 saturated carbocycles. The minimum absolute atomic E-state index is 0.0597. The van der Waals surface area contributed by atoms with Gasteiger partial charge in [-0.1, -0.05) is 37.1 Å². The number of rotatable bonds is 0. The van der Waals surface area contributed by atoms with E-state index in [4.69, 9.17) is 4.74 Å². The largest absolute Gasteiger partial charge is 0.366 e. The van der Waals surface area contributed by atoms with Gasteiger partial charge in [0.1, 0.15) is 5.78 Å². The topological polar surface area (TPSA) is 26.3 Å². The summed E-state index contributed by atoms with van der Waals surface area (Å²) in [4.78, 5) is 12.0. The van der Waals surface area contributed by atoms with Crippen LogP contribution in [-0.2, 0) is 9.53 Å². The lowest BCUT2D eigenvalue weighted by molar-refractivity contribution is -0.129. The molecular weight excluding hydrogens is 308 g/mol. The molecule has 134 valence electrons. The molecule has 1 heterocycles. The van der Waals surface area contributed by atoms with Crippen molar-refractivity contribution in [2.45, 2.75) is 64.4 Å². The number of hydrogen-bond donors (Lipinski definition) is 0. The van der Waals surface area contributed by atoms with E-state index >= 15 is 0 Å². The number of allylic oxidation sites excluding steroid dienone is 2. The fourth-order valence-electron chi connectivity index (χ4n) is 8.50. The third-order valence-electron chi connectivity index (χ3n) is 9.33. The van der Waals surface area contributed by atoms with Crippen molar-refractivity contribution in [2.75, 3.05) is 6.61 Å². The third kappa shape index (κ3) is 1.69. The quantitative estimate of drug-likeness (QED) is 0.599. The maximum absolute atomic E-state index is 12.0. The van der Waals surface area contributed by atoms with Crippen molar-refractivity contribution in [1.29, 1.82) is 0 Å². The summed E-state index contributed by atoms with van der Waals surface area (Å²) in [5, 5.41) is 0. The Bertz CT molecular complexity index is 718. The third-order valence-corrected chi connectivity index (χ3v) is 9.33. The highest BCUT2D eigenvalue weighted by molar-refractivity contribution is 5.82. The molecule has 2 heteroatoms. The molecule has 5 aliphatic carbocycles. The van der Waals surface area contributed by atoms with E-state index in [1.165, 1.54) is 25.7 Å². The standard InChI is InChI=1S/C23H30O2/c1-13-10-14-11-15(24)4-5-16(14)17-6-8-22(2)21(20(13)17)18-12-19(18)23(22)7-3-9-25-23/h3,7,13,17-21H,4-6,8-12H2,1-2H3/t13-,17-,18+,19-,20-,21+,22+,23+/m1/s1. The Balaban J connectivity index is 1.43. The summed E-state index contributed by atoms with van der Waals surface area (Å²) in [5.41, 5.74) is 3.67. The summed E-state index contributed by atoms with van der Waals surface area (Å²) in [6, 6.07) is 0. The van der Waals surface area contributed by atoms with Gasteiger partial charge in [0.05, 0.1) is 12.2 Å². The number of ketones is 1. The van der Waals surface area contributed by atoms with Gasteiger partial charge in [0.15, 0.2) is 0 Å². The first-order chi connectivity index (χ1) is 12.1. The molecule has 6 rings (SSSR count). The van der Waals surface area contributed by atoms with Gasteiger partial charge in [-0.15, -0.1) is 0 Å². The fraction of sp³-hybridized carbons (Fsp3) is 0.783. The zero-order chi connectivity index (χ0) is 17.0. The van der Waals surface area contributed by atoms with Gasteiger partial charge in [0.2, 0.25) is 0 Å². The number of ether oxygens (including phenoxy) is 1. The van der Waals surface area contributed by atoms with E-state index in [9.17, 15) is 4.79 Å². The SMILES string of the molecule is C[C@@H]1CC2=C(CCC(=O)C2)[C@H]2CC[C@@]3(C)[C@@H]([C@H]4C[C@H]4[C@@]34C=CCO4)[C@H]12. The van der Waals surface area contributed by atoms with Gasteiger partial charge in [-0.05, 0) is 67.6 Å². The first-order valence-electron chi connectivity index (χ1n) is 10.6. The summed E-state index contributed by atoms with van der Waals surface area (Å²) in [5.74, 6) is 5.34. The molecule has 6 aliphatic rings. The van der Waals surface area contributed by atoms with Gasteiger partial charge in [-0.2, -0.15) is 0 Å². The molecule has 0 saturated heterocycles. The predicted octanol–water partition coefficient (Wildman–Crippen LogP) is 4.70. The number of Topliss-reactive ketones (excluding diaryl/α,β-unsaturated/α-hetero) is 1. The van der Waals surface area contributed by atoms with Crippen LogP contribution in [0.3, 0.4) is 0 Å². The van der Waals surface area contributed by atoms with Crippen LogP contribution in [0, 0.1) is 40.9 Å². The molecule has 0 aromatic carbocycles. The van der Waals surface area contributed by atoms with E-state index in [1.807, 2.05) is 0 Å². The Morgan fingerprint density at radius 3 is 2.96 bits per heavy atom. The molecule has 0 N–H and O–H groups in total. The van der Waals surface area contributed by atoms with Crippen LogP contribution >= 0.6 is 0 Å². The van der Waals surface area contributed by atoms with E-state index in [-0.39, 0.29) is 5.60 Å². The second-order valence-electron chi connectivity index (χ2n) is 10.2. The van der Waals surface area contributed by atoms with Crippen LogP contribution in [0.15, 0.2) is 23.3 Å². The second kappa shape index (κ2) is 4.68. The lowest BCUT2D eigenvalue weighted by atomic mass is 9.48. The van der Waals surface area contributed by atoms with Gasteiger partial charge < -0.3 is 4.74 Å². The van der Waals surface area contributed by atoms with Crippen molar-refractivity contribution >= 4 is 5.78 Å². The zero-order valence-corrected chi connectivity index (χ0v) is 15.6. The summed E-state index contributed by atoms with van der Waals surface area (Å²) >= 11 is 0. The molecule has 3 fully saturated rings. The molecule has 0 aromatic rings. The van der Waals surface area contributed by atoms with Crippen molar-refractivity contribution in [3.8, 4) is 0 Å². The summed E-state index contributed by atoms with van der Waals surface area (Å²) in [6.07, 6.45) is 12.6. The lowest BCUT2D eigenvalue weighted by Crippen LogP contribution is -2.55. The Hall–Kier alpha value is -0.890. The van der Waals surface area contributed by atoms with Crippen molar-refractivity contribution < 1.29 is 9.53 Å². The normalized spacial score (nSPS) is 55.8. The minimum Gasteiger partial charge on any atom is -0.366 e. The fourth-order valence-corrected chi connectivity index (χ4v) is 8.50. The number of carbonyl (C=O) groups excluding carboxylic acids is 1. The van der Waals surface area contributed by atoms with Crippen molar-refractivity contribution in [3.05, 3.63) is 23.3 Å². The van der Waals surface area contributed by atoms with Crippen LogP contribution in [0.1, 0.15) is 58.8 Å². The van der Waals surface area contributed by atoms with E-state index in [2.05, 4.69) is 26.0 Å². The van der Waals surface area contributed by atoms with E-state index in [0.717, 1.165) is 61.4 Å². The second-order valence-corrected chi connectivity index (χ2v) is 10.2. The van der Waals surface area contributed by atoms with Crippen molar-refractivity contribution in [2.24, 2.45) is 40.9 Å². The summed E-state index contributed by atoms with van der Waals surface area (Å²) in [7, 11) is 0. The van der Waals surface area contributed by atoms with Crippen LogP contribution in [0.5, 0.6) is 0 Å². The molecule has 0 amide bonds. The monoisotopic (exact) mass is 338 g/mol. The average Bonchev–Trinajstić information content (AvgIpc) is 3.15. The van der Waals surface area contributed by atoms with E-state index < -0.39 is 0 Å². The number of fused-ring (bicyclic) bond motifs is 8. The first kappa shape index (κ1) is 15.2. The van der Waals surface area contributed by atoms with Gasteiger partial charge in [-0.25, -0.2) is 0 Å². The number of carbonyl (C=O) groups is 1.